The van der Waals surface area contributed by atoms with E-state index < -0.39 is 11.7 Å². The van der Waals surface area contributed by atoms with Gasteiger partial charge in [0.2, 0.25) is 0 Å². The van der Waals surface area contributed by atoms with E-state index in [1.807, 2.05) is 29.8 Å². The number of ether oxygens (including phenoxy) is 2. The average molecular weight is 486 g/mol. The van der Waals surface area contributed by atoms with E-state index in [1.165, 1.54) is 18.5 Å². The van der Waals surface area contributed by atoms with E-state index in [9.17, 15) is 13.2 Å². The summed E-state index contributed by atoms with van der Waals surface area (Å²) in [6, 6.07) is 12.0. The number of hydrogen-bond donors (Lipinski definition) is 2. The molecule has 0 spiro atoms. The van der Waals surface area contributed by atoms with Crippen molar-refractivity contribution in [3.63, 3.8) is 0 Å². The van der Waals surface area contributed by atoms with Crippen molar-refractivity contribution < 1.29 is 27.8 Å². The van der Waals surface area contributed by atoms with E-state index >= 15 is 0 Å². The Morgan fingerprint density at radius 2 is 1.91 bits per heavy atom. The van der Waals surface area contributed by atoms with Gasteiger partial charge in [-0.3, -0.25) is 0 Å². The number of anilines is 2. The molecular weight excluding hydrogens is 461 g/mol. The zero-order chi connectivity index (χ0) is 24.8. The molecule has 0 amide bonds. The second-order valence-electron chi connectivity index (χ2n) is 7.89. The zero-order valence-corrected chi connectivity index (χ0v) is 19.0. The van der Waals surface area contributed by atoms with Gasteiger partial charge in [-0.1, -0.05) is 6.07 Å². The summed E-state index contributed by atoms with van der Waals surface area (Å²) in [5.74, 6) is 1.19. The molecule has 0 unspecified atom stereocenters. The lowest BCUT2D eigenvalue weighted by atomic mass is 10.2. The second-order valence-corrected chi connectivity index (χ2v) is 7.89. The highest BCUT2D eigenvalue weighted by molar-refractivity contribution is 5.88. The monoisotopic (exact) mass is 486 g/mol. The standard InChI is InChI=1S/C25H25F3N4O3/c1-17-14-19(6-7-22(17)35-20-5-2-4-18(15-20)25(26,27)28)31-24-23-21(29-16-30-24)8-10-32(23)9-3-12-34-13-11-33/h2,4-8,10,14-16,33H,3,9,11-13H2,1H3,(H,29,30,31). The van der Waals surface area contributed by atoms with Crippen LogP contribution in [-0.4, -0.2) is 39.5 Å². The number of fused-ring (bicyclic) bond motifs is 1. The van der Waals surface area contributed by atoms with Crippen molar-refractivity contribution in [1.29, 1.82) is 0 Å². The minimum absolute atomic E-state index is 0.00243. The van der Waals surface area contributed by atoms with Gasteiger partial charge in [0.1, 0.15) is 23.3 Å². The molecule has 0 radical (unpaired) electrons. The fourth-order valence-corrected chi connectivity index (χ4v) is 3.66. The summed E-state index contributed by atoms with van der Waals surface area (Å²) in [5, 5.41) is 12.1. The first-order valence-corrected chi connectivity index (χ1v) is 11.1. The quantitative estimate of drug-likeness (QED) is 0.280. The van der Waals surface area contributed by atoms with E-state index in [4.69, 9.17) is 14.6 Å². The second kappa shape index (κ2) is 10.7. The van der Waals surface area contributed by atoms with Crippen LogP contribution in [0.15, 0.2) is 61.1 Å². The van der Waals surface area contributed by atoms with E-state index in [-0.39, 0.29) is 12.4 Å². The molecule has 2 heterocycles. The maximum Gasteiger partial charge on any atom is 0.416 e. The van der Waals surface area contributed by atoms with Crippen LogP contribution in [0.1, 0.15) is 17.5 Å². The van der Waals surface area contributed by atoms with Crippen molar-refractivity contribution in [3.8, 4) is 11.5 Å². The van der Waals surface area contributed by atoms with Gasteiger partial charge in [-0.15, -0.1) is 0 Å². The first kappa shape index (κ1) is 24.5. The lowest BCUT2D eigenvalue weighted by Crippen LogP contribution is -2.06. The molecule has 0 aliphatic heterocycles. The van der Waals surface area contributed by atoms with Crippen LogP contribution in [0.3, 0.4) is 0 Å². The van der Waals surface area contributed by atoms with E-state index in [0.717, 1.165) is 40.8 Å². The van der Waals surface area contributed by atoms with Crippen LogP contribution < -0.4 is 10.1 Å². The van der Waals surface area contributed by atoms with E-state index in [2.05, 4.69) is 15.3 Å². The van der Waals surface area contributed by atoms with Crippen LogP contribution in [0.5, 0.6) is 11.5 Å². The smallest absolute Gasteiger partial charge is 0.416 e. The third-order valence-electron chi connectivity index (χ3n) is 5.30. The van der Waals surface area contributed by atoms with Crippen LogP contribution in [0.25, 0.3) is 11.0 Å². The third-order valence-corrected chi connectivity index (χ3v) is 5.30. The highest BCUT2D eigenvalue weighted by Gasteiger charge is 2.30. The molecule has 2 aromatic heterocycles. The summed E-state index contributed by atoms with van der Waals surface area (Å²) >= 11 is 0. The Hall–Kier alpha value is -3.63. The molecule has 0 bridgehead atoms. The molecule has 4 aromatic rings. The predicted octanol–water partition coefficient (Wildman–Crippen LogP) is 5.69. The Bertz CT molecular complexity index is 1290. The molecule has 2 aromatic carbocycles. The summed E-state index contributed by atoms with van der Waals surface area (Å²) in [5.41, 5.74) is 2.37. The average Bonchev–Trinajstić information content (AvgIpc) is 3.24. The van der Waals surface area contributed by atoms with Gasteiger partial charge in [0.25, 0.3) is 0 Å². The number of alkyl halides is 3. The fraction of sp³-hybridized carbons (Fsp3) is 0.280. The molecule has 2 N–H and O–H groups in total. The van der Waals surface area contributed by atoms with Gasteiger partial charge in [-0.2, -0.15) is 13.2 Å². The molecule has 7 nitrogen and oxygen atoms in total. The number of nitrogens with zero attached hydrogens (tertiary/aromatic N) is 3. The number of hydrogen-bond acceptors (Lipinski definition) is 6. The van der Waals surface area contributed by atoms with Crippen LogP contribution in [-0.2, 0) is 17.5 Å². The molecule has 0 fully saturated rings. The van der Waals surface area contributed by atoms with E-state index in [1.54, 1.807) is 12.1 Å². The topological polar surface area (TPSA) is 81.4 Å². The summed E-state index contributed by atoms with van der Waals surface area (Å²) in [6.07, 6.45) is -0.251. The minimum atomic E-state index is -4.44. The van der Waals surface area contributed by atoms with Crippen LogP contribution >= 0.6 is 0 Å². The van der Waals surface area contributed by atoms with Gasteiger partial charge >= 0.3 is 6.18 Å². The Labute approximate surface area is 200 Å². The van der Waals surface area contributed by atoms with Crippen LogP contribution in [0, 0.1) is 6.92 Å². The number of aliphatic hydroxyl groups excluding tert-OH is 1. The Morgan fingerprint density at radius 1 is 1.06 bits per heavy atom. The molecule has 0 aliphatic rings. The van der Waals surface area contributed by atoms with E-state index in [0.29, 0.717) is 31.3 Å². The number of benzene rings is 2. The van der Waals surface area contributed by atoms with Gasteiger partial charge in [0, 0.05) is 25.0 Å². The normalized spacial score (nSPS) is 11.7. The summed E-state index contributed by atoms with van der Waals surface area (Å²) in [7, 11) is 0. The number of nitrogens with one attached hydrogen (secondary N) is 1. The molecular formula is C25H25F3N4O3. The van der Waals surface area contributed by atoms with Gasteiger partial charge in [0.05, 0.1) is 24.3 Å². The Balaban J connectivity index is 1.50. The van der Waals surface area contributed by atoms with Crippen LogP contribution in [0.4, 0.5) is 24.7 Å². The number of aryl methyl sites for hydroxylation is 2. The Kier molecular flexibility index (Phi) is 7.52. The highest BCUT2D eigenvalue weighted by Crippen LogP contribution is 2.34. The molecule has 4 rings (SSSR count). The van der Waals surface area contributed by atoms with Gasteiger partial charge in [0.15, 0.2) is 5.82 Å². The van der Waals surface area contributed by atoms with Crippen molar-refractivity contribution in [3.05, 3.63) is 72.2 Å². The summed E-state index contributed by atoms with van der Waals surface area (Å²) in [4.78, 5) is 8.73. The molecule has 184 valence electrons. The van der Waals surface area contributed by atoms with Crippen molar-refractivity contribution >= 4 is 22.5 Å². The van der Waals surface area contributed by atoms with Gasteiger partial charge < -0.3 is 24.5 Å². The molecule has 35 heavy (non-hydrogen) atoms. The van der Waals surface area contributed by atoms with Gasteiger partial charge in [-0.25, -0.2) is 9.97 Å². The third kappa shape index (κ3) is 6.09. The lowest BCUT2D eigenvalue weighted by molar-refractivity contribution is -0.137. The molecule has 0 atom stereocenters. The SMILES string of the molecule is Cc1cc(Nc2ncnc3ccn(CCCOCCO)c23)ccc1Oc1cccc(C(F)(F)F)c1. The first-order valence-electron chi connectivity index (χ1n) is 11.1. The van der Waals surface area contributed by atoms with Crippen molar-refractivity contribution in [2.24, 2.45) is 0 Å². The lowest BCUT2D eigenvalue weighted by Gasteiger charge is -2.14. The maximum atomic E-state index is 13.0. The minimum Gasteiger partial charge on any atom is -0.457 e. The summed E-state index contributed by atoms with van der Waals surface area (Å²) in [6.45, 7) is 3.36. The first-order chi connectivity index (χ1) is 16.8. The number of rotatable bonds is 10. The zero-order valence-electron chi connectivity index (χ0n) is 19.0. The van der Waals surface area contributed by atoms with Crippen molar-refractivity contribution in [2.45, 2.75) is 26.1 Å². The number of halogens is 3. The molecule has 0 saturated carbocycles. The molecule has 0 saturated heterocycles. The van der Waals surface area contributed by atoms with Gasteiger partial charge in [-0.05, 0) is 61.4 Å². The highest BCUT2D eigenvalue weighted by atomic mass is 19.4. The summed E-state index contributed by atoms with van der Waals surface area (Å²) < 4.78 is 52.1. The number of aliphatic hydroxyl groups is 1. The Morgan fingerprint density at radius 3 is 2.69 bits per heavy atom. The van der Waals surface area contributed by atoms with Crippen molar-refractivity contribution in [2.75, 3.05) is 25.1 Å². The fourth-order valence-electron chi connectivity index (χ4n) is 3.66. The molecule has 0 aliphatic carbocycles. The van der Waals surface area contributed by atoms with Crippen LogP contribution in [0.2, 0.25) is 0 Å². The van der Waals surface area contributed by atoms with Crippen molar-refractivity contribution in [1.82, 2.24) is 14.5 Å². The molecule has 10 heteroatoms. The predicted molar refractivity (Wildman–Crippen MR) is 126 cm³/mol. The largest absolute Gasteiger partial charge is 0.457 e. The maximum absolute atomic E-state index is 13.0. The number of aromatic nitrogens is 3.